The lowest BCUT2D eigenvalue weighted by Gasteiger charge is -2.15. The van der Waals surface area contributed by atoms with Gasteiger partial charge >= 0.3 is 5.97 Å². The molecule has 8 heteroatoms. The van der Waals surface area contributed by atoms with Crippen molar-refractivity contribution in [3.63, 3.8) is 0 Å². The number of carbonyl (C=O) groups is 1. The van der Waals surface area contributed by atoms with Gasteiger partial charge in [0.1, 0.15) is 17.2 Å². The molecule has 0 radical (unpaired) electrons. The van der Waals surface area contributed by atoms with Crippen LogP contribution in [-0.2, 0) is 11.8 Å². The van der Waals surface area contributed by atoms with Gasteiger partial charge in [-0.15, -0.1) is 0 Å². The molecular weight excluding hydrogens is 409 g/mol. The first kappa shape index (κ1) is 16.4. The Balaban J connectivity index is 2.60. The first-order valence-electron chi connectivity index (χ1n) is 6.05. The number of aromatic nitrogens is 1. The van der Waals surface area contributed by atoms with Crippen LogP contribution >= 0.6 is 22.6 Å². The molecule has 1 N–H and O–H groups in total. The van der Waals surface area contributed by atoms with E-state index in [1.165, 1.54) is 19.2 Å². The third-order valence-corrected chi connectivity index (χ3v) is 3.63. The number of methoxy groups -OCH3 is 1. The van der Waals surface area contributed by atoms with Crippen molar-refractivity contribution < 1.29 is 18.3 Å². The summed E-state index contributed by atoms with van der Waals surface area (Å²) in [6.45, 7) is 0. The van der Waals surface area contributed by atoms with Crippen LogP contribution in [0.2, 0.25) is 0 Å². The molecule has 22 heavy (non-hydrogen) atoms. The number of benzene rings is 1. The van der Waals surface area contributed by atoms with E-state index >= 15 is 0 Å². The zero-order valence-corrected chi connectivity index (χ0v) is 13.8. The second kappa shape index (κ2) is 6.42. The average Bonchev–Trinajstić information content (AvgIpc) is 2.49. The molecule has 1 aromatic heterocycles. The minimum atomic E-state index is -1.10. The number of halogens is 3. The summed E-state index contributed by atoms with van der Waals surface area (Å²) < 4.78 is 33.6. The van der Waals surface area contributed by atoms with E-state index in [-0.39, 0.29) is 17.1 Å². The van der Waals surface area contributed by atoms with Crippen molar-refractivity contribution >= 4 is 40.1 Å². The van der Waals surface area contributed by atoms with Gasteiger partial charge in [0.25, 0.3) is 5.56 Å². The van der Waals surface area contributed by atoms with Crippen LogP contribution in [-0.4, -0.2) is 17.6 Å². The lowest BCUT2D eigenvalue weighted by Crippen LogP contribution is -2.25. The number of pyridine rings is 1. The maximum absolute atomic E-state index is 13.9. The average molecular weight is 420 g/mol. The van der Waals surface area contributed by atoms with Gasteiger partial charge in [0.2, 0.25) is 0 Å². The molecule has 2 rings (SSSR count). The molecule has 0 aliphatic rings. The minimum Gasteiger partial charge on any atom is -0.465 e. The molecule has 5 nitrogen and oxygen atoms in total. The van der Waals surface area contributed by atoms with Crippen LogP contribution in [0.5, 0.6) is 0 Å². The molecule has 0 spiro atoms. The van der Waals surface area contributed by atoms with E-state index in [4.69, 9.17) is 0 Å². The molecule has 0 unspecified atom stereocenters. The molecule has 0 fully saturated rings. The maximum atomic E-state index is 13.9. The zero-order valence-electron chi connectivity index (χ0n) is 11.6. The Morgan fingerprint density at radius 2 is 1.95 bits per heavy atom. The topological polar surface area (TPSA) is 60.3 Å². The summed E-state index contributed by atoms with van der Waals surface area (Å²) >= 11 is 1.95. The van der Waals surface area contributed by atoms with Gasteiger partial charge in [-0.3, -0.25) is 9.36 Å². The number of esters is 1. The molecule has 0 saturated heterocycles. The van der Waals surface area contributed by atoms with E-state index < -0.39 is 23.2 Å². The molecule has 0 aliphatic carbocycles. The number of ether oxygens (including phenoxy) is 1. The Morgan fingerprint density at radius 1 is 1.27 bits per heavy atom. The largest absolute Gasteiger partial charge is 0.465 e. The summed E-state index contributed by atoms with van der Waals surface area (Å²) in [4.78, 5) is 23.4. The van der Waals surface area contributed by atoms with Gasteiger partial charge < -0.3 is 10.1 Å². The molecule has 116 valence electrons. The number of rotatable bonds is 3. The number of nitrogens with zero attached hydrogens (tertiary/aromatic N) is 1. The lowest BCUT2D eigenvalue weighted by atomic mass is 10.2. The predicted molar refractivity (Wildman–Crippen MR) is 85.4 cm³/mol. The smallest absolute Gasteiger partial charge is 0.341 e. The van der Waals surface area contributed by atoms with Crippen LogP contribution in [0.1, 0.15) is 10.4 Å². The number of nitrogens with one attached hydrogen (secondary N) is 1. The van der Waals surface area contributed by atoms with Crippen LogP contribution in [0.4, 0.5) is 20.3 Å². The highest BCUT2D eigenvalue weighted by Gasteiger charge is 2.20. The first-order valence-corrected chi connectivity index (χ1v) is 7.13. The number of carbonyl (C=O) groups excluding carboxylic acids is 1. The van der Waals surface area contributed by atoms with Gasteiger partial charge in [-0.05, 0) is 46.9 Å². The fourth-order valence-electron chi connectivity index (χ4n) is 1.83. The van der Waals surface area contributed by atoms with Gasteiger partial charge in [-0.2, -0.15) is 0 Å². The standard InChI is InChI=1S/C14H11F2IN2O3/c1-19-12(18-11-4-3-7(17)5-9(11)15)8(14(21)22-2)6-10(16)13(19)20/h3-6,18H,1-2H3. The van der Waals surface area contributed by atoms with Crippen molar-refractivity contribution in [3.8, 4) is 0 Å². The van der Waals surface area contributed by atoms with E-state index in [0.717, 1.165) is 17.7 Å². The van der Waals surface area contributed by atoms with Gasteiger partial charge in [0.05, 0.1) is 12.8 Å². The van der Waals surface area contributed by atoms with E-state index in [0.29, 0.717) is 3.57 Å². The highest BCUT2D eigenvalue weighted by molar-refractivity contribution is 14.1. The number of anilines is 2. The molecule has 1 heterocycles. The Bertz CT molecular complexity index is 805. The third-order valence-electron chi connectivity index (χ3n) is 2.96. The summed E-state index contributed by atoms with van der Waals surface area (Å²) in [5, 5.41) is 2.64. The lowest BCUT2D eigenvalue weighted by molar-refractivity contribution is 0.0600. The van der Waals surface area contributed by atoms with Crippen molar-refractivity contribution in [3.05, 3.63) is 55.4 Å². The van der Waals surface area contributed by atoms with E-state index in [9.17, 15) is 18.4 Å². The summed E-state index contributed by atoms with van der Waals surface area (Å²) in [5.41, 5.74) is -1.10. The molecule has 0 saturated carbocycles. The van der Waals surface area contributed by atoms with E-state index in [1.54, 1.807) is 6.07 Å². The first-order chi connectivity index (χ1) is 10.3. The van der Waals surface area contributed by atoms with Gasteiger partial charge in [-0.25, -0.2) is 13.6 Å². The zero-order chi connectivity index (χ0) is 16.4. The highest BCUT2D eigenvalue weighted by Crippen LogP contribution is 2.24. The fraction of sp³-hybridized carbons (Fsp3) is 0.143. The second-order valence-corrected chi connectivity index (χ2v) is 5.61. The normalized spacial score (nSPS) is 10.4. The van der Waals surface area contributed by atoms with Crippen molar-refractivity contribution in [2.75, 3.05) is 12.4 Å². The molecule has 1 aromatic carbocycles. The molecule has 0 atom stereocenters. The van der Waals surface area contributed by atoms with E-state index in [1.807, 2.05) is 22.6 Å². The minimum absolute atomic E-state index is 0.0483. The van der Waals surface area contributed by atoms with Gasteiger partial charge in [0.15, 0.2) is 5.82 Å². The molecule has 2 aromatic rings. The van der Waals surface area contributed by atoms with Crippen molar-refractivity contribution in [1.29, 1.82) is 0 Å². The summed E-state index contributed by atoms with van der Waals surface area (Å²) in [5.74, 6) is -2.57. The SMILES string of the molecule is COC(=O)c1cc(F)c(=O)n(C)c1Nc1ccc(I)cc1F. The van der Waals surface area contributed by atoms with Crippen molar-refractivity contribution in [2.24, 2.45) is 7.05 Å². The quantitative estimate of drug-likeness (QED) is 0.613. The van der Waals surface area contributed by atoms with Crippen molar-refractivity contribution in [2.45, 2.75) is 0 Å². The maximum Gasteiger partial charge on any atom is 0.341 e. The van der Waals surface area contributed by atoms with Crippen LogP contribution in [0, 0.1) is 15.2 Å². The molecular formula is C14H11F2IN2O3. The molecule has 0 amide bonds. The Hall–Kier alpha value is -1.97. The second-order valence-electron chi connectivity index (χ2n) is 4.36. The monoisotopic (exact) mass is 420 g/mol. The Morgan fingerprint density at radius 3 is 2.55 bits per heavy atom. The summed E-state index contributed by atoms with van der Waals surface area (Å²) in [6.07, 6.45) is 0. The van der Waals surface area contributed by atoms with Gasteiger partial charge in [-0.1, -0.05) is 0 Å². The van der Waals surface area contributed by atoms with Crippen LogP contribution in [0.25, 0.3) is 0 Å². The van der Waals surface area contributed by atoms with Crippen LogP contribution in [0.15, 0.2) is 29.1 Å². The predicted octanol–water partition coefficient (Wildman–Crippen LogP) is 2.80. The fourth-order valence-corrected chi connectivity index (χ4v) is 2.29. The Kier molecular flexibility index (Phi) is 4.79. The molecule has 0 aliphatic heterocycles. The van der Waals surface area contributed by atoms with Crippen LogP contribution in [0.3, 0.4) is 0 Å². The third kappa shape index (κ3) is 3.11. The van der Waals surface area contributed by atoms with Crippen LogP contribution < -0.4 is 10.9 Å². The van der Waals surface area contributed by atoms with E-state index in [2.05, 4.69) is 10.1 Å². The van der Waals surface area contributed by atoms with Gasteiger partial charge in [0, 0.05) is 10.6 Å². The van der Waals surface area contributed by atoms with Crippen molar-refractivity contribution in [1.82, 2.24) is 4.57 Å². The summed E-state index contributed by atoms with van der Waals surface area (Å²) in [7, 11) is 2.39. The number of hydrogen-bond acceptors (Lipinski definition) is 4. The highest BCUT2D eigenvalue weighted by atomic mass is 127. The number of hydrogen-bond donors (Lipinski definition) is 1. The summed E-state index contributed by atoms with van der Waals surface area (Å²) in [6, 6.07) is 5.14. The molecule has 0 bridgehead atoms. The Labute approximate surface area is 138 Å².